The molecule has 4 rings (SSSR count). The molecule has 2 heterocycles. The van der Waals surface area contributed by atoms with Gasteiger partial charge in [-0.05, 0) is 36.4 Å². The van der Waals surface area contributed by atoms with E-state index in [0.717, 1.165) is 0 Å². The van der Waals surface area contributed by atoms with Gasteiger partial charge in [0.05, 0.1) is 0 Å². The van der Waals surface area contributed by atoms with Gasteiger partial charge in [0.2, 0.25) is 0 Å². The van der Waals surface area contributed by atoms with Crippen molar-refractivity contribution in [1.29, 1.82) is 0 Å². The molecule has 0 spiro atoms. The number of rotatable bonds is 4. The molecule has 0 saturated carbocycles. The van der Waals surface area contributed by atoms with Gasteiger partial charge in [0.25, 0.3) is 5.91 Å². The van der Waals surface area contributed by atoms with E-state index >= 15 is 0 Å². The molecule has 0 atom stereocenters. The number of fused-ring (bicyclic) bond motifs is 1. The van der Waals surface area contributed by atoms with Gasteiger partial charge in [-0.2, -0.15) is 0 Å². The van der Waals surface area contributed by atoms with E-state index in [2.05, 4.69) is 9.97 Å². The molecule has 0 radical (unpaired) electrons. The molecule has 0 bridgehead atoms. The van der Waals surface area contributed by atoms with E-state index in [-0.39, 0.29) is 24.1 Å². The number of para-hydroxylation sites is 1. The molecular weight excluding hydrogens is 366 g/mol. The quantitative estimate of drug-likeness (QED) is 0.692. The Bertz CT molecular complexity index is 989. The van der Waals surface area contributed by atoms with Crippen LogP contribution in [0, 0.1) is 11.6 Å². The number of aromatic nitrogens is 2. The van der Waals surface area contributed by atoms with Crippen molar-refractivity contribution in [3.8, 4) is 5.75 Å². The third-order valence-electron chi connectivity index (χ3n) is 4.70. The number of anilines is 1. The van der Waals surface area contributed by atoms with E-state index in [9.17, 15) is 13.6 Å². The number of ether oxygens (including phenoxy) is 1. The highest BCUT2D eigenvalue weighted by Crippen LogP contribution is 2.25. The maximum atomic E-state index is 14.0. The molecule has 1 fully saturated rings. The van der Waals surface area contributed by atoms with Gasteiger partial charge >= 0.3 is 0 Å². The fourth-order valence-corrected chi connectivity index (χ4v) is 3.22. The van der Waals surface area contributed by atoms with Crippen molar-refractivity contribution in [3.63, 3.8) is 0 Å². The van der Waals surface area contributed by atoms with Crippen molar-refractivity contribution < 1.29 is 18.3 Å². The molecule has 144 valence electrons. The minimum atomic E-state index is -0.382. The largest absolute Gasteiger partial charge is 0.484 e. The Morgan fingerprint density at radius 1 is 1.00 bits per heavy atom. The highest BCUT2D eigenvalue weighted by Gasteiger charge is 2.23. The van der Waals surface area contributed by atoms with Gasteiger partial charge in [-0.15, -0.1) is 0 Å². The lowest BCUT2D eigenvalue weighted by atomic mass is 10.2. The standard InChI is InChI=1S/C20H18F2N4O2/c21-14-4-6-15(7-5-14)28-12-18(27)25-8-10-26(11-9-25)20-16-2-1-3-17(22)19(16)23-13-24-20/h1-7,13H,8-12H2. The number of hydrogen-bond acceptors (Lipinski definition) is 5. The van der Waals surface area contributed by atoms with Crippen LogP contribution >= 0.6 is 0 Å². The third kappa shape index (κ3) is 3.71. The Hall–Kier alpha value is -3.29. The predicted molar refractivity (Wildman–Crippen MR) is 100 cm³/mol. The minimum Gasteiger partial charge on any atom is -0.484 e. The third-order valence-corrected chi connectivity index (χ3v) is 4.70. The minimum absolute atomic E-state index is 0.104. The van der Waals surface area contributed by atoms with Gasteiger partial charge in [0, 0.05) is 31.6 Å². The Morgan fingerprint density at radius 2 is 1.75 bits per heavy atom. The molecule has 0 unspecified atom stereocenters. The lowest BCUT2D eigenvalue weighted by molar-refractivity contribution is -0.133. The number of carbonyl (C=O) groups excluding carboxylic acids is 1. The van der Waals surface area contributed by atoms with Crippen molar-refractivity contribution in [2.24, 2.45) is 0 Å². The monoisotopic (exact) mass is 384 g/mol. The number of carbonyl (C=O) groups is 1. The van der Waals surface area contributed by atoms with Gasteiger partial charge in [0.15, 0.2) is 6.61 Å². The average molecular weight is 384 g/mol. The van der Waals surface area contributed by atoms with Gasteiger partial charge in [-0.3, -0.25) is 4.79 Å². The maximum absolute atomic E-state index is 14.0. The molecule has 0 N–H and O–H groups in total. The second kappa shape index (κ2) is 7.75. The summed E-state index contributed by atoms with van der Waals surface area (Å²) in [6, 6.07) is 10.3. The van der Waals surface area contributed by atoms with Crippen LogP contribution in [-0.2, 0) is 4.79 Å². The van der Waals surface area contributed by atoms with Crippen LogP contribution in [0.15, 0.2) is 48.8 Å². The molecule has 1 amide bonds. The number of piperazine rings is 1. The van der Waals surface area contributed by atoms with E-state index in [1.165, 1.54) is 36.7 Å². The lowest BCUT2D eigenvalue weighted by Gasteiger charge is -2.35. The highest BCUT2D eigenvalue weighted by molar-refractivity contribution is 5.89. The van der Waals surface area contributed by atoms with Crippen molar-refractivity contribution in [2.45, 2.75) is 0 Å². The van der Waals surface area contributed by atoms with Crippen LogP contribution in [0.4, 0.5) is 14.6 Å². The number of halogens is 2. The van der Waals surface area contributed by atoms with Gasteiger partial charge in [-0.1, -0.05) is 6.07 Å². The Kier molecular flexibility index (Phi) is 5.01. The zero-order valence-corrected chi connectivity index (χ0v) is 15.0. The highest BCUT2D eigenvalue weighted by atomic mass is 19.1. The normalized spacial score (nSPS) is 14.4. The first-order valence-corrected chi connectivity index (χ1v) is 8.92. The summed E-state index contributed by atoms with van der Waals surface area (Å²) in [7, 11) is 0. The first kappa shape index (κ1) is 18.1. The second-order valence-corrected chi connectivity index (χ2v) is 6.44. The summed E-state index contributed by atoms with van der Waals surface area (Å²) in [4.78, 5) is 24.4. The molecule has 28 heavy (non-hydrogen) atoms. The van der Waals surface area contributed by atoms with Crippen molar-refractivity contribution >= 4 is 22.6 Å². The summed E-state index contributed by atoms with van der Waals surface area (Å²) in [5, 5.41) is 0.655. The van der Waals surface area contributed by atoms with E-state index in [1.807, 2.05) is 4.90 Å². The van der Waals surface area contributed by atoms with Crippen LogP contribution < -0.4 is 9.64 Å². The van der Waals surface area contributed by atoms with E-state index < -0.39 is 0 Å². The average Bonchev–Trinajstić information content (AvgIpc) is 2.73. The Labute approximate surface area is 160 Å². The number of benzene rings is 2. The molecule has 3 aromatic rings. The fourth-order valence-electron chi connectivity index (χ4n) is 3.22. The summed E-state index contributed by atoms with van der Waals surface area (Å²) >= 11 is 0. The fraction of sp³-hybridized carbons (Fsp3) is 0.250. The molecule has 1 aliphatic heterocycles. The zero-order chi connectivity index (χ0) is 19.5. The van der Waals surface area contributed by atoms with Gasteiger partial charge in [0.1, 0.15) is 35.0 Å². The topological polar surface area (TPSA) is 58.6 Å². The van der Waals surface area contributed by atoms with Gasteiger partial charge < -0.3 is 14.5 Å². The summed E-state index contributed by atoms with van der Waals surface area (Å²) in [6.45, 7) is 2.06. The summed E-state index contributed by atoms with van der Waals surface area (Å²) in [5.74, 6) is 0.240. The lowest BCUT2D eigenvalue weighted by Crippen LogP contribution is -2.50. The van der Waals surface area contributed by atoms with Crippen molar-refractivity contribution in [1.82, 2.24) is 14.9 Å². The summed E-state index contributed by atoms with van der Waals surface area (Å²) in [6.07, 6.45) is 1.36. The molecule has 0 aliphatic carbocycles. The second-order valence-electron chi connectivity index (χ2n) is 6.44. The zero-order valence-electron chi connectivity index (χ0n) is 15.0. The molecule has 1 saturated heterocycles. The first-order chi connectivity index (χ1) is 13.6. The SMILES string of the molecule is O=C(COc1ccc(F)cc1)N1CCN(c2ncnc3c(F)cccc23)CC1. The molecular formula is C20H18F2N4O2. The van der Waals surface area contributed by atoms with E-state index in [1.54, 1.807) is 17.0 Å². The summed E-state index contributed by atoms with van der Waals surface area (Å²) in [5.41, 5.74) is 0.290. The Balaban J connectivity index is 1.37. The van der Waals surface area contributed by atoms with Crippen molar-refractivity contribution in [2.75, 3.05) is 37.7 Å². The number of hydrogen-bond donors (Lipinski definition) is 0. The van der Waals surface area contributed by atoms with Crippen molar-refractivity contribution in [3.05, 3.63) is 60.4 Å². The molecule has 1 aromatic heterocycles. The number of amides is 1. The molecule has 1 aliphatic rings. The van der Waals surface area contributed by atoms with Crippen LogP contribution in [0.3, 0.4) is 0 Å². The van der Waals surface area contributed by atoms with Gasteiger partial charge in [-0.25, -0.2) is 18.7 Å². The van der Waals surface area contributed by atoms with E-state index in [4.69, 9.17) is 4.74 Å². The van der Waals surface area contributed by atoms with Crippen LogP contribution in [-0.4, -0.2) is 53.6 Å². The predicted octanol–water partition coefficient (Wildman–Crippen LogP) is 2.64. The number of nitrogens with zero attached hydrogens (tertiary/aromatic N) is 4. The Morgan fingerprint density at radius 3 is 2.50 bits per heavy atom. The van der Waals surface area contributed by atoms with Crippen LogP contribution in [0.25, 0.3) is 10.9 Å². The maximum Gasteiger partial charge on any atom is 0.260 e. The smallest absolute Gasteiger partial charge is 0.260 e. The summed E-state index contributed by atoms with van der Waals surface area (Å²) < 4.78 is 32.3. The molecule has 6 nitrogen and oxygen atoms in total. The van der Waals surface area contributed by atoms with Crippen LogP contribution in [0.5, 0.6) is 5.75 Å². The first-order valence-electron chi connectivity index (χ1n) is 8.92. The molecule has 2 aromatic carbocycles. The van der Waals surface area contributed by atoms with Crippen LogP contribution in [0.1, 0.15) is 0 Å². The van der Waals surface area contributed by atoms with Crippen LogP contribution in [0.2, 0.25) is 0 Å². The molecule has 8 heteroatoms. The van der Waals surface area contributed by atoms with E-state index in [0.29, 0.717) is 48.6 Å².